The summed E-state index contributed by atoms with van der Waals surface area (Å²) in [6.07, 6.45) is 9.72. The third-order valence-electron chi connectivity index (χ3n) is 5.34. The Kier molecular flexibility index (Phi) is 3.57. The second-order valence-electron chi connectivity index (χ2n) is 7.23. The van der Waals surface area contributed by atoms with E-state index in [1.807, 2.05) is 0 Å². The summed E-state index contributed by atoms with van der Waals surface area (Å²) >= 11 is 0. The van der Waals surface area contributed by atoms with Crippen molar-refractivity contribution in [1.82, 2.24) is 0 Å². The molecule has 2 N–H and O–H groups in total. The van der Waals surface area contributed by atoms with Gasteiger partial charge in [0.25, 0.3) is 0 Å². The van der Waals surface area contributed by atoms with E-state index in [0.717, 1.165) is 32.1 Å². The fourth-order valence-electron chi connectivity index (χ4n) is 4.14. The minimum atomic E-state index is -0.615. The van der Waals surface area contributed by atoms with Crippen LogP contribution in [0, 0.1) is 10.8 Å². The molecule has 2 rings (SSSR count). The highest BCUT2D eigenvalue weighted by Gasteiger charge is 2.54. The molecule has 0 bridgehead atoms. The normalized spacial score (nSPS) is 36.7. The average Bonchev–Trinajstić information content (AvgIpc) is 2.49. The van der Waals surface area contributed by atoms with Crippen LogP contribution in [-0.2, 0) is 0 Å². The van der Waals surface area contributed by atoms with E-state index >= 15 is 0 Å². The summed E-state index contributed by atoms with van der Waals surface area (Å²) in [7, 11) is 0. The van der Waals surface area contributed by atoms with Gasteiger partial charge >= 0.3 is 0 Å². The molecule has 0 spiro atoms. The molecular weight excluding hydrogens is 212 g/mol. The first-order chi connectivity index (χ1) is 7.93. The van der Waals surface area contributed by atoms with Gasteiger partial charge in [-0.1, -0.05) is 39.5 Å². The van der Waals surface area contributed by atoms with Crippen molar-refractivity contribution >= 4 is 0 Å². The van der Waals surface area contributed by atoms with Gasteiger partial charge in [0.2, 0.25) is 0 Å². The summed E-state index contributed by atoms with van der Waals surface area (Å²) in [5.74, 6) is 0. The van der Waals surface area contributed by atoms with E-state index in [9.17, 15) is 10.2 Å². The minimum absolute atomic E-state index is 0.166. The molecule has 2 nitrogen and oxygen atoms in total. The van der Waals surface area contributed by atoms with Crippen LogP contribution in [0.25, 0.3) is 0 Å². The Labute approximate surface area is 105 Å². The molecular formula is C15H28O2. The van der Waals surface area contributed by atoms with Gasteiger partial charge in [0.05, 0.1) is 12.2 Å². The lowest BCUT2D eigenvalue weighted by Crippen LogP contribution is -2.49. The van der Waals surface area contributed by atoms with Gasteiger partial charge in [0, 0.05) is 5.41 Å². The first-order valence-electron chi connectivity index (χ1n) is 7.26. The van der Waals surface area contributed by atoms with Crippen LogP contribution < -0.4 is 0 Å². The summed E-state index contributed by atoms with van der Waals surface area (Å²) in [5, 5.41) is 21.0. The van der Waals surface area contributed by atoms with E-state index in [2.05, 4.69) is 13.8 Å². The van der Waals surface area contributed by atoms with Crippen molar-refractivity contribution in [3.8, 4) is 0 Å². The highest BCUT2D eigenvalue weighted by Crippen LogP contribution is 2.55. The van der Waals surface area contributed by atoms with Crippen LogP contribution in [0.4, 0.5) is 0 Å². The van der Waals surface area contributed by atoms with Crippen molar-refractivity contribution in [3.05, 3.63) is 0 Å². The van der Waals surface area contributed by atoms with Crippen molar-refractivity contribution in [2.75, 3.05) is 6.61 Å². The summed E-state index contributed by atoms with van der Waals surface area (Å²) in [6, 6.07) is 0. The van der Waals surface area contributed by atoms with E-state index in [1.54, 1.807) is 0 Å². The molecule has 0 heterocycles. The van der Waals surface area contributed by atoms with Crippen molar-refractivity contribution in [2.24, 2.45) is 10.8 Å². The van der Waals surface area contributed by atoms with E-state index < -0.39 is 5.60 Å². The minimum Gasteiger partial charge on any atom is -0.396 e. The maximum absolute atomic E-state index is 11.1. The molecule has 0 aromatic carbocycles. The van der Waals surface area contributed by atoms with Gasteiger partial charge in [0.1, 0.15) is 0 Å². The number of rotatable bonds is 2. The summed E-state index contributed by atoms with van der Waals surface area (Å²) in [4.78, 5) is 0. The average molecular weight is 240 g/mol. The van der Waals surface area contributed by atoms with Crippen LogP contribution in [-0.4, -0.2) is 22.4 Å². The molecule has 0 aromatic heterocycles. The predicted octanol–water partition coefficient (Wildman–Crippen LogP) is 3.26. The van der Waals surface area contributed by atoms with Gasteiger partial charge < -0.3 is 10.2 Å². The zero-order chi connectivity index (χ0) is 12.6. The van der Waals surface area contributed by atoms with Gasteiger partial charge in [-0.25, -0.2) is 0 Å². The number of hydrogen-bond acceptors (Lipinski definition) is 2. The molecule has 0 aromatic rings. The monoisotopic (exact) mass is 240 g/mol. The maximum Gasteiger partial charge on any atom is 0.0730 e. The third-order valence-corrected chi connectivity index (χ3v) is 5.34. The largest absolute Gasteiger partial charge is 0.396 e. The quantitative estimate of drug-likeness (QED) is 0.727. The molecule has 17 heavy (non-hydrogen) atoms. The van der Waals surface area contributed by atoms with E-state index in [-0.39, 0.29) is 17.4 Å². The standard InChI is InChI=1S/C15H28O2/c1-13(2)9-10-15(17,11-13)14(12-16)7-5-3-4-6-8-14/h16-17H,3-12H2,1-2H3. The number of aliphatic hydroxyl groups excluding tert-OH is 1. The van der Waals surface area contributed by atoms with E-state index in [1.165, 1.54) is 25.7 Å². The van der Waals surface area contributed by atoms with Gasteiger partial charge in [-0.2, -0.15) is 0 Å². The molecule has 100 valence electrons. The Balaban J connectivity index is 2.21. The van der Waals surface area contributed by atoms with Crippen LogP contribution in [0.15, 0.2) is 0 Å². The fraction of sp³-hybridized carbons (Fsp3) is 1.00. The topological polar surface area (TPSA) is 40.5 Å². The molecule has 1 unspecified atom stereocenters. The van der Waals surface area contributed by atoms with Crippen LogP contribution in [0.5, 0.6) is 0 Å². The summed E-state index contributed by atoms with van der Waals surface area (Å²) in [5.41, 5.74) is -0.587. The van der Waals surface area contributed by atoms with Crippen molar-refractivity contribution in [1.29, 1.82) is 0 Å². The summed E-state index contributed by atoms with van der Waals surface area (Å²) < 4.78 is 0. The smallest absolute Gasteiger partial charge is 0.0730 e. The van der Waals surface area contributed by atoms with Gasteiger partial charge in [0.15, 0.2) is 0 Å². The molecule has 0 saturated heterocycles. The Morgan fingerprint density at radius 1 is 0.882 bits per heavy atom. The Bertz CT molecular complexity index is 264. The molecule has 2 fully saturated rings. The van der Waals surface area contributed by atoms with Gasteiger partial charge in [-0.05, 0) is 37.5 Å². The highest BCUT2D eigenvalue weighted by atomic mass is 16.3. The second-order valence-corrected chi connectivity index (χ2v) is 7.23. The fourth-order valence-corrected chi connectivity index (χ4v) is 4.14. The number of hydrogen-bond donors (Lipinski definition) is 2. The van der Waals surface area contributed by atoms with Crippen LogP contribution in [0.2, 0.25) is 0 Å². The Morgan fingerprint density at radius 2 is 1.47 bits per heavy atom. The zero-order valence-electron chi connectivity index (χ0n) is 11.5. The van der Waals surface area contributed by atoms with Crippen LogP contribution >= 0.6 is 0 Å². The predicted molar refractivity (Wildman–Crippen MR) is 69.8 cm³/mol. The van der Waals surface area contributed by atoms with Gasteiger partial charge in [-0.15, -0.1) is 0 Å². The second kappa shape index (κ2) is 4.55. The molecule has 0 aliphatic heterocycles. The molecule has 1 atom stereocenters. The maximum atomic E-state index is 11.1. The van der Waals surface area contributed by atoms with Crippen LogP contribution in [0.1, 0.15) is 71.6 Å². The van der Waals surface area contributed by atoms with E-state index in [0.29, 0.717) is 0 Å². The molecule has 2 heteroatoms. The lowest BCUT2D eigenvalue weighted by molar-refractivity contribution is -0.118. The molecule has 0 amide bonds. The number of aliphatic hydroxyl groups is 2. The SMILES string of the molecule is CC1(C)CCC(O)(C2(CO)CCCCCC2)C1. The first kappa shape index (κ1) is 13.4. The zero-order valence-corrected chi connectivity index (χ0v) is 11.5. The lowest BCUT2D eigenvalue weighted by Gasteiger charge is -2.45. The summed E-state index contributed by atoms with van der Waals surface area (Å²) in [6.45, 7) is 4.65. The Hall–Kier alpha value is -0.0800. The van der Waals surface area contributed by atoms with E-state index in [4.69, 9.17) is 0 Å². The highest BCUT2D eigenvalue weighted by molar-refractivity contribution is 5.06. The van der Waals surface area contributed by atoms with Crippen molar-refractivity contribution < 1.29 is 10.2 Å². The first-order valence-corrected chi connectivity index (χ1v) is 7.26. The third kappa shape index (κ3) is 2.39. The molecule has 2 saturated carbocycles. The van der Waals surface area contributed by atoms with Crippen LogP contribution in [0.3, 0.4) is 0 Å². The molecule has 2 aliphatic carbocycles. The lowest BCUT2D eigenvalue weighted by atomic mass is 9.65. The Morgan fingerprint density at radius 3 is 1.88 bits per heavy atom. The van der Waals surface area contributed by atoms with Gasteiger partial charge in [-0.3, -0.25) is 0 Å². The van der Waals surface area contributed by atoms with Crippen molar-refractivity contribution in [3.63, 3.8) is 0 Å². The van der Waals surface area contributed by atoms with Crippen molar-refractivity contribution in [2.45, 2.75) is 77.2 Å². The molecule has 0 radical (unpaired) electrons. The molecule has 2 aliphatic rings.